The third-order valence-corrected chi connectivity index (χ3v) is 5.46. The molecule has 0 aliphatic carbocycles. The molecule has 1 saturated heterocycles. The van der Waals surface area contributed by atoms with Crippen LogP contribution in [0.25, 0.3) is 5.52 Å². The topological polar surface area (TPSA) is 36.8 Å². The van der Waals surface area contributed by atoms with Gasteiger partial charge in [-0.2, -0.15) is 0 Å². The lowest BCUT2D eigenvalue weighted by atomic mass is 10.00. The van der Waals surface area contributed by atoms with Gasteiger partial charge in [-0.25, -0.2) is 0 Å². The molecule has 3 heterocycles. The molecule has 1 aliphatic heterocycles. The number of piperidine rings is 1. The minimum absolute atomic E-state index is 0.0308. The van der Waals surface area contributed by atoms with Crippen LogP contribution in [-0.4, -0.2) is 34.3 Å². The number of aromatic nitrogens is 1. The van der Waals surface area contributed by atoms with E-state index in [1.807, 2.05) is 41.1 Å². The summed E-state index contributed by atoms with van der Waals surface area (Å²) in [6.45, 7) is 4.29. The molecule has 2 aromatic heterocycles. The van der Waals surface area contributed by atoms with Crippen LogP contribution in [0.2, 0.25) is 0 Å². The molecule has 1 fully saturated rings. The van der Waals surface area contributed by atoms with Gasteiger partial charge in [0.2, 0.25) is 0 Å². The quantitative estimate of drug-likeness (QED) is 0.777. The highest BCUT2D eigenvalue weighted by molar-refractivity contribution is 5.95. The van der Waals surface area contributed by atoms with Gasteiger partial charge in [0.1, 0.15) is 0 Å². The molecule has 0 bridgehead atoms. The molecule has 134 valence electrons. The van der Waals surface area contributed by atoms with Gasteiger partial charge >= 0.3 is 0 Å². The number of rotatable bonds is 4. The van der Waals surface area contributed by atoms with Crippen molar-refractivity contribution in [2.24, 2.45) is 0 Å². The number of fused-ring (bicyclic) bond motifs is 1. The maximum Gasteiger partial charge on any atom is 0.253 e. The molecule has 0 saturated carbocycles. The van der Waals surface area contributed by atoms with Crippen LogP contribution in [0.3, 0.4) is 0 Å². The third kappa shape index (κ3) is 3.51. The van der Waals surface area contributed by atoms with E-state index in [4.69, 9.17) is 0 Å². The Balaban J connectivity index is 1.34. The van der Waals surface area contributed by atoms with Gasteiger partial charge in [-0.3, -0.25) is 9.69 Å². The van der Waals surface area contributed by atoms with Crippen LogP contribution in [0.15, 0.2) is 67.0 Å². The van der Waals surface area contributed by atoms with Gasteiger partial charge in [0.05, 0.1) is 5.56 Å². The number of hydrogen-bond donors (Lipinski definition) is 1. The monoisotopic (exact) mass is 347 g/mol. The summed E-state index contributed by atoms with van der Waals surface area (Å²) in [7, 11) is 0. The first-order valence-electron chi connectivity index (χ1n) is 9.37. The van der Waals surface area contributed by atoms with E-state index >= 15 is 0 Å². The van der Waals surface area contributed by atoms with Gasteiger partial charge in [-0.15, -0.1) is 0 Å². The lowest BCUT2D eigenvalue weighted by Gasteiger charge is -2.36. The standard InChI is InChI=1S/C22H25N3O/c1-17(18-7-3-2-4-8-18)24-13-10-20(11-14-24)23-22(26)19-15-21-9-5-6-12-25(21)16-19/h2-9,12,15-17,20H,10-11,13-14H2,1H3,(H,23,26). The number of benzene rings is 1. The zero-order valence-corrected chi connectivity index (χ0v) is 15.1. The number of amides is 1. The summed E-state index contributed by atoms with van der Waals surface area (Å²) in [5, 5.41) is 3.22. The van der Waals surface area contributed by atoms with Gasteiger partial charge in [0, 0.05) is 43.1 Å². The minimum Gasteiger partial charge on any atom is -0.349 e. The smallest absolute Gasteiger partial charge is 0.253 e. The summed E-state index contributed by atoms with van der Waals surface area (Å²) in [5.74, 6) is 0.0308. The second-order valence-electron chi connectivity index (χ2n) is 7.13. The van der Waals surface area contributed by atoms with E-state index in [2.05, 4.69) is 47.5 Å². The summed E-state index contributed by atoms with van der Waals surface area (Å²) in [5.41, 5.74) is 3.14. The Morgan fingerprint density at radius 1 is 1.08 bits per heavy atom. The predicted molar refractivity (Wildman–Crippen MR) is 104 cm³/mol. The van der Waals surface area contributed by atoms with Crippen LogP contribution in [0.1, 0.15) is 41.7 Å². The molecule has 1 aromatic carbocycles. The zero-order valence-electron chi connectivity index (χ0n) is 15.1. The van der Waals surface area contributed by atoms with Crippen molar-refractivity contribution in [3.05, 3.63) is 78.1 Å². The van der Waals surface area contributed by atoms with Gasteiger partial charge < -0.3 is 9.72 Å². The van der Waals surface area contributed by atoms with Crippen LogP contribution >= 0.6 is 0 Å². The van der Waals surface area contributed by atoms with Crippen LogP contribution in [0.4, 0.5) is 0 Å². The Bertz CT molecular complexity index is 846. The van der Waals surface area contributed by atoms with E-state index in [1.54, 1.807) is 0 Å². The Morgan fingerprint density at radius 2 is 1.81 bits per heavy atom. The van der Waals surface area contributed by atoms with E-state index in [0.717, 1.165) is 37.0 Å². The van der Waals surface area contributed by atoms with Gasteiger partial charge in [-0.05, 0) is 43.5 Å². The lowest BCUT2D eigenvalue weighted by molar-refractivity contribution is 0.0896. The molecule has 0 spiro atoms. The van der Waals surface area contributed by atoms with Crippen molar-refractivity contribution in [1.82, 2.24) is 14.6 Å². The number of nitrogens with zero attached hydrogens (tertiary/aromatic N) is 2. The van der Waals surface area contributed by atoms with E-state index in [9.17, 15) is 4.79 Å². The van der Waals surface area contributed by atoms with Crippen LogP contribution in [-0.2, 0) is 0 Å². The molecule has 1 unspecified atom stereocenters. The van der Waals surface area contributed by atoms with Gasteiger partial charge in [0.25, 0.3) is 5.91 Å². The number of hydrogen-bond acceptors (Lipinski definition) is 2. The number of nitrogens with one attached hydrogen (secondary N) is 1. The minimum atomic E-state index is 0.0308. The fourth-order valence-electron chi connectivity index (χ4n) is 3.82. The SMILES string of the molecule is CC(c1ccccc1)N1CCC(NC(=O)c2cc3ccccn3c2)CC1. The van der Waals surface area contributed by atoms with Crippen molar-refractivity contribution in [2.75, 3.05) is 13.1 Å². The average Bonchev–Trinajstić information content (AvgIpc) is 3.13. The van der Waals surface area contributed by atoms with E-state index in [-0.39, 0.29) is 11.9 Å². The average molecular weight is 347 g/mol. The first kappa shape index (κ1) is 16.9. The number of likely N-dealkylation sites (tertiary alicyclic amines) is 1. The van der Waals surface area contributed by atoms with Crippen molar-refractivity contribution >= 4 is 11.4 Å². The zero-order chi connectivity index (χ0) is 17.9. The maximum absolute atomic E-state index is 12.6. The molecule has 1 N–H and O–H groups in total. The van der Waals surface area contributed by atoms with Crippen LogP contribution < -0.4 is 5.32 Å². The fraction of sp³-hybridized carbons (Fsp3) is 0.318. The highest BCUT2D eigenvalue weighted by atomic mass is 16.1. The van der Waals surface area contributed by atoms with Crippen molar-refractivity contribution in [2.45, 2.75) is 31.8 Å². The van der Waals surface area contributed by atoms with Crippen LogP contribution in [0.5, 0.6) is 0 Å². The third-order valence-electron chi connectivity index (χ3n) is 5.46. The Hall–Kier alpha value is -2.59. The Morgan fingerprint density at radius 3 is 2.54 bits per heavy atom. The lowest BCUT2D eigenvalue weighted by Crippen LogP contribution is -2.45. The molecular formula is C22H25N3O. The predicted octanol–water partition coefficient (Wildman–Crippen LogP) is 3.89. The van der Waals surface area contributed by atoms with Crippen molar-refractivity contribution in [3.63, 3.8) is 0 Å². The first-order chi connectivity index (χ1) is 12.7. The molecule has 4 nitrogen and oxygen atoms in total. The summed E-state index contributed by atoms with van der Waals surface area (Å²) >= 11 is 0. The van der Waals surface area contributed by atoms with Crippen molar-refractivity contribution in [3.8, 4) is 0 Å². The molecule has 26 heavy (non-hydrogen) atoms. The summed E-state index contributed by atoms with van der Waals surface area (Å²) in [6.07, 6.45) is 5.86. The summed E-state index contributed by atoms with van der Waals surface area (Å²) in [6, 6.07) is 19.2. The Kier molecular flexibility index (Phi) is 4.76. The largest absolute Gasteiger partial charge is 0.349 e. The highest BCUT2D eigenvalue weighted by Crippen LogP contribution is 2.24. The molecular weight excluding hydrogens is 322 g/mol. The Labute approximate surface area is 154 Å². The summed E-state index contributed by atoms with van der Waals surface area (Å²) < 4.78 is 1.99. The van der Waals surface area contributed by atoms with E-state index in [0.29, 0.717) is 6.04 Å². The van der Waals surface area contributed by atoms with Gasteiger partial charge in [0.15, 0.2) is 0 Å². The number of carbonyl (C=O) groups is 1. The van der Waals surface area contributed by atoms with E-state index in [1.165, 1.54) is 5.56 Å². The van der Waals surface area contributed by atoms with Crippen molar-refractivity contribution < 1.29 is 4.79 Å². The van der Waals surface area contributed by atoms with Crippen molar-refractivity contribution in [1.29, 1.82) is 0 Å². The number of pyridine rings is 1. The second kappa shape index (κ2) is 7.34. The molecule has 4 rings (SSSR count). The van der Waals surface area contributed by atoms with Crippen LogP contribution in [0, 0.1) is 0 Å². The molecule has 1 aliphatic rings. The fourth-order valence-corrected chi connectivity index (χ4v) is 3.82. The molecule has 1 atom stereocenters. The molecule has 3 aromatic rings. The summed E-state index contributed by atoms with van der Waals surface area (Å²) in [4.78, 5) is 15.1. The van der Waals surface area contributed by atoms with Gasteiger partial charge in [-0.1, -0.05) is 36.4 Å². The second-order valence-corrected chi connectivity index (χ2v) is 7.13. The maximum atomic E-state index is 12.6. The first-order valence-corrected chi connectivity index (χ1v) is 9.37. The normalized spacial score (nSPS) is 17.3. The van der Waals surface area contributed by atoms with E-state index < -0.39 is 0 Å². The molecule has 0 radical (unpaired) electrons. The molecule has 1 amide bonds. The highest BCUT2D eigenvalue weighted by Gasteiger charge is 2.24. The number of carbonyl (C=O) groups excluding carboxylic acids is 1. The molecule has 4 heteroatoms.